The number of nitrogens with zero attached hydrogens (tertiary/aromatic N) is 2. The summed E-state index contributed by atoms with van der Waals surface area (Å²) in [4.78, 5) is 23.6. The molecule has 35 heavy (non-hydrogen) atoms. The van der Waals surface area contributed by atoms with Crippen molar-refractivity contribution in [2.24, 2.45) is 0 Å². The summed E-state index contributed by atoms with van der Waals surface area (Å²) in [7, 11) is -1.03. The van der Waals surface area contributed by atoms with Gasteiger partial charge in [0.25, 0.3) is 21.6 Å². The van der Waals surface area contributed by atoms with Crippen LogP contribution in [-0.4, -0.2) is 33.4 Å². The van der Waals surface area contributed by atoms with Gasteiger partial charge in [-0.05, 0) is 60.3 Å². The molecule has 0 aliphatic heterocycles. The number of anilines is 2. The van der Waals surface area contributed by atoms with Crippen molar-refractivity contribution in [3.8, 4) is 5.75 Å². The van der Waals surface area contributed by atoms with E-state index in [1.54, 1.807) is 55.5 Å². The molecule has 1 amide bonds. The first-order valence-corrected chi connectivity index (χ1v) is 12.6. The molecule has 0 atom stereocenters. The Morgan fingerprint density at radius 3 is 2.57 bits per heavy atom. The van der Waals surface area contributed by atoms with Crippen LogP contribution in [-0.2, 0) is 10.0 Å². The van der Waals surface area contributed by atoms with Gasteiger partial charge in [-0.3, -0.25) is 19.2 Å². The Bertz CT molecular complexity index is 1560. The zero-order valence-corrected chi connectivity index (χ0v) is 20.6. The summed E-state index contributed by atoms with van der Waals surface area (Å²) in [5.41, 5.74) is 1.38. The van der Waals surface area contributed by atoms with Gasteiger partial charge in [0, 0.05) is 29.6 Å². The number of nitro groups is 1. The number of rotatable bonds is 7. The van der Waals surface area contributed by atoms with Crippen molar-refractivity contribution >= 4 is 54.4 Å². The van der Waals surface area contributed by atoms with Crippen molar-refractivity contribution < 1.29 is 22.9 Å². The minimum atomic E-state index is -3.91. The predicted molar refractivity (Wildman–Crippen MR) is 136 cm³/mol. The largest absolute Gasteiger partial charge is 0.495 e. The van der Waals surface area contributed by atoms with Crippen LogP contribution in [0.15, 0.2) is 71.6 Å². The number of carbonyl (C=O) groups excluding carboxylic acids is 1. The number of hydrogen-bond acceptors (Lipinski definition) is 7. The second-order valence-corrected chi connectivity index (χ2v) is 10.7. The van der Waals surface area contributed by atoms with Crippen molar-refractivity contribution in [3.63, 3.8) is 0 Å². The van der Waals surface area contributed by atoms with Crippen LogP contribution in [0.5, 0.6) is 5.75 Å². The molecule has 0 spiro atoms. The number of benzene rings is 3. The van der Waals surface area contributed by atoms with Crippen LogP contribution in [0, 0.1) is 17.0 Å². The van der Waals surface area contributed by atoms with E-state index < -0.39 is 20.9 Å². The van der Waals surface area contributed by atoms with Crippen LogP contribution < -0.4 is 14.4 Å². The van der Waals surface area contributed by atoms with Gasteiger partial charge in [-0.2, -0.15) is 0 Å². The highest BCUT2D eigenvalue weighted by molar-refractivity contribution is 7.93. The maximum absolute atomic E-state index is 13.3. The number of ether oxygens (including phenoxy) is 1. The average Bonchev–Trinajstić information content (AvgIpc) is 3.27. The lowest BCUT2D eigenvalue weighted by molar-refractivity contribution is -0.384. The van der Waals surface area contributed by atoms with Crippen molar-refractivity contribution in [1.82, 2.24) is 0 Å². The first kappa shape index (κ1) is 24.2. The first-order chi connectivity index (χ1) is 16.6. The summed E-state index contributed by atoms with van der Waals surface area (Å²) < 4.78 is 33.9. The minimum Gasteiger partial charge on any atom is -0.495 e. The lowest BCUT2D eigenvalue weighted by atomic mass is 10.2. The summed E-state index contributed by atoms with van der Waals surface area (Å²) in [5.74, 6) is -0.169. The fraction of sp³-hybridized carbons (Fsp3) is 0.125. The number of carbonyl (C=O) groups is 1. The van der Waals surface area contributed by atoms with Gasteiger partial charge >= 0.3 is 0 Å². The van der Waals surface area contributed by atoms with Crippen LogP contribution in [0.25, 0.3) is 10.1 Å². The molecule has 11 heteroatoms. The number of hydrogen-bond donors (Lipinski definition) is 1. The molecule has 0 radical (unpaired) electrons. The third-order valence-corrected chi connectivity index (χ3v) is 8.28. The molecule has 1 aromatic heterocycles. The van der Waals surface area contributed by atoms with Gasteiger partial charge in [0.2, 0.25) is 0 Å². The molecule has 0 bridgehead atoms. The fourth-order valence-corrected chi connectivity index (χ4v) is 5.87. The maximum atomic E-state index is 13.3. The third kappa shape index (κ3) is 4.81. The molecule has 0 saturated heterocycles. The van der Waals surface area contributed by atoms with E-state index in [4.69, 9.17) is 4.74 Å². The molecule has 3 aromatic carbocycles. The number of nitrogens with one attached hydrogen (secondary N) is 1. The molecule has 0 aliphatic carbocycles. The quantitative estimate of drug-likeness (QED) is 0.269. The molecule has 4 rings (SSSR count). The van der Waals surface area contributed by atoms with Gasteiger partial charge in [0.15, 0.2) is 0 Å². The molecule has 0 aliphatic rings. The number of fused-ring (bicyclic) bond motifs is 1. The molecular formula is C24H21N3O6S2. The number of sulfonamides is 1. The SMILES string of the molecule is COc1ccc(C)cc1S(=O)(=O)N(C)c1ccc2sc(C(=O)Nc3cccc([N+](=O)[O-])c3)cc2c1. The summed E-state index contributed by atoms with van der Waals surface area (Å²) in [5, 5.41) is 14.3. The smallest absolute Gasteiger partial charge is 0.271 e. The van der Waals surface area contributed by atoms with Gasteiger partial charge in [0.1, 0.15) is 10.6 Å². The predicted octanol–water partition coefficient (Wildman–Crippen LogP) is 5.20. The summed E-state index contributed by atoms with van der Waals surface area (Å²) in [6.07, 6.45) is 0. The zero-order chi connectivity index (χ0) is 25.3. The Hall–Kier alpha value is -3.96. The van der Waals surface area contributed by atoms with Gasteiger partial charge in [-0.1, -0.05) is 12.1 Å². The van der Waals surface area contributed by atoms with Crippen LogP contribution in [0.1, 0.15) is 15.2 Å². The van der Waals surface area contributed by atoms with Crippen molar-refractivity contribution in [3.05, 3.63) is 87.3 Å². The molecule has 180 valence electrons. The standard InChI is InChI=1S/C24H21N3O6S2/c1-15-7-9-20(33-3)23(11-15)35(31,32)26(2)18-8-10-21-16(12-18)13-22(34-21)24(28)25-17-5-4-6-19(14-17)27(29)30/h4-14H,1-3H3,(H,25,28). The average molecular weight is 512 g/mol. The summed E-state index contributed by atoms with van der Waals surface area (Å²) >= 11 is 1.23. The van der Waals surface area contributed by atoms with Crippen LogP contribution in [0.3, 0.4) is 0 Å². The van der Waals surface area contributed by atoms with Crippen molar-refractivity contribution in [1.29, 1.82) is 0 Å². The van der Waals surface area contributed by atoms with Gasteiger partial charge in [0.05, 0.1) is 22.6 Å². The van der Waals surface area contributed by atoms with Crippen molar-refractivity contribution in [2.75, 3.05) is 23.8 Å². The number of aryl methyl sites for hydroxylation is 1. The Morgan fingerprint density at radius 1 is 1.09 bits per heavy atom. The van der Waals surface area contributed by atoms with E-state index in [9.17, 15) is 23.3 Å². The molecule has 0 unspecified atom stereocenters. The highest BCUT2D eigenvalue weighted by atomic mass is 32.2. The van der Waals surface area contributed by atoms with Crippen LogP contribution >= 0.6 is 11.3 Å². The van der Waals surface area contributed by atoms with Gasteiger partial charge in [-0.25, -0.2) is 8.42 Å². The molecular weight excluding hydrogens is 490 g/mol. The van der Waals surface area contributed by atoms with E-state index in [1.807, 2.05) is 0 Å². The first-order valence-electron chi connectivity index (χ1n) is 10.3. The minimum absolute atomic E-state index is 0.0601. The molecule has 4 aromatic rings. The number of non-ortho nitro benzene ring substituents is 1. The second kappa shape index (κ2) is 9.35. The second-order valence-electron chi connectivity index (χ2n) is 7.72. The summed E-state index contributed by atoms with van der Waals surface area (Å²) in [6, 6.07) is 17.4. The Labute approximate surface area is 205 Å². The van der Waals surface area contributed by atoms with Gasteiger partial charge in [-0.15, -0.1) is 11.3 Å². The van der Waals surface area contributed by atoms with E-state index in [2.05, 4.69) is 5.32 Å². The van der Waals surface area contributed by atoms with Gasteiger partial charge < -0.3 is 10.1 Å². The number of thiophene rings is 1. The number of methoxy groups -OCH3 is 1. The van der Waals surface area contributed by atoms with E-state index >= 15 is 0 Å². The highest BCUT2D eigenvalue weighted by Gasteiger charge is 2.26. The van der Waals surface area contributed by atoms with E-state index in [1.165, 1.54) is 48.0 Å². The summed E-state index contributed by atoms with van der Waals surface area (Å²) in [6.45, 7) is 1.80. The maximum Gasteiger partial charge on any atom is 0.271 e. The van der Waals surface area contributed by atoms with E-state index in [0.717, 1.165) is 10.3 Å². The molecule has 1 N–H and O–H groups in total. The van der Waals surface area contributed by atoms with Crippen molar-refractivity contribution in [2.45, 2.75) is 11.8 Å². The molecule has 1 heterocycles. The van der Waals surface area contributed by atoms with Crippen LogP contribution in [0.4, 0.5) is 17.1 Å². The van der Waals surface area contributed by atoms with Crippen LogP contribution in [0.2, 0.25) is 0 Å². The monoisotopic (exact) mass is 511 g/mol. The lowest BCUT2D eigenvalue weighted by Gasteiger charge is -2.21. The molecule has 0 saturated carbocycles. The Balaban J connectivity index is 1.62. The third-order valence-electron chi connectivity index (χ3n) is 5.36. The normalized spacial score (nSPS) is 11.3. The fourth-order valence-electron chi connectivity index (χ4n) is 3.50. The van der Waals surface area contributed by atoms with E-state index in [-0.39, 0.29) is 16.3 Å². The number of amides is 1. The van der Waals surface area contributed by atoms with E-state index in [0.29, 0.717) is 21.6 Å². The molecule has 9 nitrogen and oxygen atoms in total. The lowest BCUT2D eigenvalue weighted by Crippen LogP contribution is -2.27. The highest BCUT2D eigenvalue weighted by Crippen LogP contribution is 2.34. The molecule has 0 fully saturated rings. The number of nitro benzene ring substituents is 1. The zero-order valence-electron chi connectivity index (χ0n) is 19.0. The topological polar surface area (TPSA) is 119 Å². The Kier molecular flexibility index (Phi) is 6.46. The Morgan fingerprint density at radius 2 is 1.86 bits per heavy atom.